The molecule has 6 nitrogen and oxygen atoms in total. The second kappa shape index (κ2) is 10.0. The number of hydrogen-bond acceptors (Lipinski definition) is 4. The van der Waals surface area contributed by atoms with Crippen LogP contribution in [0, 0.1) is 11.8 Å². The fourth-order valence-electron chi connectivity index (χ4n) is 3.11. The maximum atomic E-state index is 12.4. The number of aliphatic hydroxyl groups is 1. The predicted molar refractivity (Wildman–Crippen MR) is 95.1 cm³/mol. The minimum atomic E-state index is -0.350. The Balaban J connectivity index is 1.80. The first-order valence-corrected chi connectivity index (χ1v) is 8.98. The summed E-state index contributed by atoms with van der Waals surface area (Å²) in [6.07, 6.45) is 1.93. The van der Waals surface area contributed by atoms with Gasteiger partial charge in [-0.15, -0.1) is 0 Å². The molecule has 1 fully saturated rings. The van der Waals surface area contributed by atoms with E-state index < -0.39 is 0 Å². The van der Waals surface area contributed by atoms with Crippen molar-refractivity contribution in [3.8, 4) is 0 Å². The van der Waals surface area contributed by atoms with Crippen LogP contribution in [0.15, 0.2) is 30.3 Å². The lowest BCUT2D eigenvalue weighted by atomic mass is 9.96. The highest BCUT2D eigenvalue weighted by atomic mass is 16.6. The summed E-state index contributed by atoms with van der Waals surface area (Å²) in [5, 5.41) is 12.5. The van der Waals surface area contributed by atoms with Crippen molar-refractivity contribution in [3.05, 3.63) is 35.9 Å². The van der Waals surface area contributed by atoms with Crippen LogP contribution in [-0.4, -0.2) is 54.9 Å². The molecule has 0 aromatic heterocycles. The Morgan fingerprint density at radius 1 is 1.36 bits per heavy atom. The third-order valence-electron chi connectivity index (χ3n) is 4.51. The van der Waals surface area contributed by atoms with Crippen molar-refractivity contribution in [2.75, 3.05) is 32.8 Å². The number of likely N-dealkylation sites (tertiary alicyclic amines) is 1. The largest absolute Gasteiger partial charge is 0.450 e. The molecule has 1 aliphatic rings. The second-order valence-corrected chi connectivity index (χ2v) is 6.47. The molecular formula is C19H28N2O4. The number of nitrogens with one attached hydrogen (secondary N) is 1. The van der Waals surface area contributed by atoms with Crippen molar-refractivity contribution < 1.29 is 19.4 Å². The Bertz CT molecular complexity index is 550. The molecule has 0 spiro atoms. The van der Waals surface area contributed by atoms with Crippen LogP contribution in [0.3, 0.4) is 0 Å². The maximum absolute atomic E-state index is 12.4. The highest BCUT2D eigenvalue weighted by molar-refractivity contribution is 5.80. The number of carbonyl (C=O) groups excluding carboxylic acids is 2. The molecule has 0 aliphatic carbocycles. The Kier molecular flexibility index (Phi) is 7.73. The van der Waals surface area contributed by atoms with Gasteiger partial charge in [0.1, 0.15) is 0 Å². The molecule has 2 amide bonds. The van der Waals surface area contributed by atoms with E-state index in [1.54, 1.807) is 11.8 Å². The van der Waals surface area contributed by atoms with Gasteiger partial charge in [-0.25, -0.2) is 4.79 Å². The van der Waals surface area contributed by atoms with Gasteiger partial charge < -0.3 is 20.1 Å². The average molecular weight is 348 g/mol. The van der Waals surface area contributed by atoms with E-state index in [2.05, 4.69) is 5.32 Å². The van der Waals surface area contributed by atoms with E-state index >= 15 is 0 Å². The van der Waals surface area contributed by atoms with E-state index in [4.69, 9.17) is 4.74 Å². The van der Waals surface area contributed by atoms with Crippen molar-refractivity contribution >= 4 is 12.0 Å². The fourth-order valence-corrected chi connectivity index (χ4v) is 3.11. The monoisotopic (exact) mass is 348 g/mol. The highest BCUT2D eigenvalue weighted by Crippen LogP contribution is 2.18. The van der Waals surface area contributed by atoms with Crippen LogP contribution >= 0.6 is 0 Å². The van der Waals surface area contributed by atoms with Crippen LogP contribution in [0.1, 0.15) is 25.3 Å². The average Bonchev–Trinajstić information content (AvgIpc) is 2.66. The Labute approximate surface area is 149 Å². The van der Waals surface area contributed by atoms with Gasteiger partial charge in [-0.05, 0) is 31.7 Å². The molecule has 0 bridgehead atoms. The smallest absolute Gasteiger partial charge is 0.409 e. The Morgan fingerprint density at radius 2 is 2.12 bits per heavy atom. The molecule has 138 valence electrons. The molecule has 2 atom stereocenters. The summed E-state index contributed by atoms with van der Waals surface area (Å²) < 4.78 is 5.01. The minimum absolute atomic E-state index is 0.0175. The number of benzene rings is 1. The number of aliphatic hydroxyl groups excluding tert-OH is 1. The van der Waals surface area contributed by atoms with Crippen LogP contribution in [0.4, 0.5) is 4.79 Å². The lowest BCUT2D eigenvalue weighted by Crippen LogP contribution is -2.46. The van der Waals surface area contributed by atoms with Crippen LogP contribution < -0.4 is 5.32 Å². The van der Waals surface area contributed by atoms with Gasteiger partial charge in [-0.1, -0.05) is 30.3 Å². The molecule has 1 aromatic rings. The predicted octanol–water partition coefficient (Wildman–Crippen LogP) is 1.82. The number of piperidine rings is 1. The van der Waals surface area contributed by atoms with Crippen LogP contribution in [0.5, 0.6) is 0 Å². The number of ether oxygens (including phenoxy) is 1. The van der Waals surface area contributed by atoms with E-state index in [-0.39, 0.29) is 30.4 Å². The van der Waals surface area contributed by atoms with Gasteiger partial charge in [0.05, 0.1) is 12.5 Å². The molecule has 0 saturated carbocycles. The summed E-state index contributed by atoms with van der Waals surface area (Å²) in [6.45, 7) is 3.59. The van der Waals surface area contributed by atoms with Crippen molar-refractivity contribution in [1.82, 2.24) is 10.2 Å². The van der Waals surface area contributed by atoms with Gasteiger partial charge in [0.2, 0.25) is 5.91 Å². The fraction of sp³-hybridized carbons (Fsp3) is 0.579. The molecule has 2 N–H and O–H groups in total. The molecule has 25 heavy (non-hydrogen) atoms. The molecule has 0 unspecified atom stereocenters. The summed E-state index contributed by atoms with van der Waals surface area (Å²) in [6, 6.07) is 9.92. The number of nitrogens with zero attached hydrogens (tertiary/aromatic N) is 1. The molecule has 1 aromatic carbocycles. The van der Waals surface area contributed by atoms with Gasteiger partial charge in [-0.3, -0.25) is 4.79 Å². The third-order valence-corrected chi connectivity index (χ3v) is 4.51. The highest BCUT2D eigenvalue weighted by Gasteiger charge is 2.29. The zero-order chi connectivity index (χ0) is 18.1. The standard InChI is InChI=1S/C19H28N2O4/c1-2-25-19(24)21-10-6-9-17(13-21)18(23)20-12-16(14-22)11-15-7-4-3-5-8-15/h3-5,7-8,16-17,22H,2,6,9-14H2,1H3,(H,20,23)/t16-,17-/m1/s1. The minimum Gasteiger partial charge on any atom is -0.450 e. The van der Waals surface area contributed by atoms with Crippen LogP contribution in [-0.2, 0) is 16.0 Å². The first-order chi connectivity index (χ1) is 12.1. The lowest BCUT2D eigenvalue weighted by molar-refractivity contribution is -0.126. The van der Waals surface area contributed by atoms with E-state index in [9.17, 15) is 14.7 Å². The van der Waals surface area contributed by atoms with Crippen molar-refractivity contribution in [1.29, 1.82) is 0 Å². The normalized spacial score (nSPS) is 18.5. The number of hydrogen-bond donors (Lipinski definition) is 2. The van der Waals surface area contributed by atoms with E-state index in [0.29, 0.717) is 26.2 Å². The van der Waals surface area contributed by atoms with Crippen LogP contribution in [0.25, 0.3) is 0 Å². The summed E-state index contributed by atoms with van der Waals surface area (Å²) in [7, 11) is 0. The number of rotatable bonds is 7. The summed E-state index contributed by atoms with van der Waals surface area (Å²) in [4.78, 5) is 25.8. The molecule has 1 saturated heterocycles. The van der Waals surface area contributed by atoms with E-state index in [1.807, 2.05) is 30.3 Å². The van der Waals surface area contributed by atoms with Gasteiger partial charge >= 0.3 is 6.09 Å². The quantitative estimate of drug-likeness (QED) is 0.788. The molecule has 6 heteroatoms. The molecule has 0 radical (unpaired) electrons. The van der Waals surface area contributed by atoms with E-state index in [1.165, 1.54) is 0 Å². The topological polar surface area (TPSA) is 78.9 Å². The van der Waals surface area contributed by atoms with Crippen molar-refractivity contribution in [3.63, 3.8) is 0 Å². The zero-order valence-corrected chi connectivity index (χ0v) is 14.8. The summed E-state index contributed by atoms with van der Waals surface area (Å²) in [5.74, 6) is -0.286. The number of amides is 2. The van der Waals surface area contributed by atoms with E-state index in [0.717, 1.165) is 24.8 Å². The molecule has 1 aliphatic heterocycles. The van der Waals surface area contributed by atoms with Gasteiger partial charge in [0.25, 0.3) is 0 Å². The maximum Gasteiger partial charge on any atom is 0.409 e. The first-order valence-electron chi connectivity index (χ1n) is 8.98. The van der Waals surface area contributed by atoms with Crippen molar-refractivity contribution in [2.24, 2.45) is 11.8 Å². The SMILES string of the molecule is CCOC(=O)N1CCC[C@@H](C(=O)NC[C@H](CO)Cc2ccccc2)C1. The zero-order valence-electron chi connectivity index (χ0n) is 14.8. The second-order valence-electron chi connectivity index (χ2n) is 6.47. The molecule has 1 heterocycles. The first kappa shape index (κ1) is 19.2. The lowest BCUT2D eigenvalue weighted by Gasteiger charge is -2.31. The summed E-state index contributed by atoms with van der Waals surface area (Å²) >= 11 is 0. The van der Waals surface area contributed by atoms with Crippen molar-refractivity contribution in [2.45, 2.75) is 26.2 Å². The van der Waals surface area contributed by atoms with Crippen LogP contribution in [0.2, 0.25) is 0 Å². The Morgan fingerprint density at radius 3 is 2.80 bits per heavy atom. The van der Waals surface area contributed by atoms with Gasteiger partial charge in [0, 0.05) is 32.2 Å². The molecular weight excluding hydrogens is 320 g/mol. The van der Waals surface area contributed by atoms with Gasteiger partial charge in [-0.2, -0.15) is 0 Å². The Hall–Kier alpha value is -2.08. The molecule has 2 rings (SSSR count). The third kappa shape index (κ3) is 6.05. The number of carbonyl (C=O) groups is 2. The summed E-state index contributed by atoms with van der Waals surface area (Å²) in [5.41, 5.74) is 1.14. The van der Waals surface area contributed by atoms with Gasteiger partial charge in [0.15, 0.2) is 0 Å².